The highest BCUT2D eigenvalue weighted by Gasteiger charge is 2.08. The predicted octanol–water partition coefficient (Wildman–Crippen LogP) is 1.51. The minimum Gasteiger partial charge on any atom is -0.279 e. The summed E-state index contributed by atoms with van der Waals surface area (Å²) in [5.41, 5.74) is 1.20. The van der Waals surface area contributed by atoms with Crippen molar-refractivity contribution in [3.05, 3.63) is 35.9 Å². The molecule has 0 radical (unpaired) electrons. The minimum atomic E-state index is 0.0448. The molecule has 0 aromatic heterocycles. The Bertz CT molecular complexity index is 297. The number of benzene rings is 1. The highest BCUT2D eigenvalue weighted by Crippen LogP contribution is 2.03. The fourth-order valence-corrected chi connectivity index (χ4v) is 1.19. The number of nitrogens with zero attached hydrogens (tertiary/aromatic N) is 2. The third-order valence-corrected chi connectivity index (χ3v) is 2.22. The van der Waals surface area contributed by atoms with E-state index in [9.17, 15) is 4.79 Å². The van der Waals surface area contributed by atoms with E-state index in [0.717, 1.165) is 6.54 Å². The van der Waals surface area contributed by atoms with Crippen LogP contribution in [0.2, 0.25) is 0 Å². The third-order valence-electron chi connectivity index (χ3n) is 2.22. The molecule has 14 heavy (non-hydrogen) atoms. The summed E-state index contributed by atoms with van der Waals surface area (Å²) >= 11 is 0. The molecule has 0 unspecified atom stereocenters. The summed E-state index contributed by atoms with van der Waals surface area (Å²) in [5, 5.41) is 3.49. The van der Waals surface area contributed by atoms with Crippen LogP contribution in [0.3, 0.4) is 0 Å². The van der Waals surface area contributed by atoms with E-state index in [1.807, 2.05) is 42.4 Å². The van der Waals surface area contributed by atoms with Crippen molar-refractivity contribution in [1.29, 1.82) is 0 Å². The molecule has 1 rings (SSSR count). The van der Waals surface area contributed by atoms with E-state index in [1.165, 1.54) is 5.56 Å². The average Bonchev–Trinajstić information content (AvgIpc) is 2.18. The van der Waals surface area contributed by atoms with Gasteiger partial charge in [0.1, 0.15) is 0 Å². The average molecular weight is 192 g/mol. The Morgan fingerprint density at radius 1 is 1.21 bits per heavy atom. The van der Waals surface area contributed by atoms with Gasteiger partial charge in [0.05, 0.1) is 0 Å². The first-order valence-corrected chi connectivity index (χ1v) is 4.60. The fourth-order valence-electron chi connectivity index (χ4n) is 1.19. The maximum atomic E-state index is 11.1. The number of amides is 1. The number of rotatable bonds is 3. The van der Waals surface area contributed by atoms with Gasteiger partial charge in [0, 0.05) is 27.6 Å². The first-order valence-electron chi connectivity index (χ1n) is 4.60. The van der Waals surface area contributed by atoms with Gasteiger partial charge in [-0.15, -0.1) is 0 Å². The Morgan fingerprint density at radius 2 is 1.79 bits per heavy atom. The van der Waals surface area contributed by atoms with Crippen LogP contribution in [0.15, 0.2) is 30.3 Å². The van der Waals surface area contributed by atoms with E-state index < -0.39 is 0 Å². The van der Waals surface area contributed by atoms with Crippen molar-refractivity contribution in [1.82, 2.24) is 10.0 Å². The van der Waals surface area contributed by atoms with Gasteiger partial charge in [-0.25, -0.2) is 5.01 Å². The zero-order valence-electron chi connectivity index (χ0n) is 8.90. The summed E-state index contributed by atoms with van der Waals surface area (Å²) in [6.45, 7) is 2.30. The molecular formula is C11H16N2O. The number of hydrogen-bond donors (Lipinski definition) is 0. The fraction of sp³-hybridized carbons (Fsp3) is 0.364. The van der Waals surface area contributed by atoms with Gasteiger partial charge in [0.15, 0.2) is 0 Å². The van der Waals surface area contributed by atoms with Crippen LogP contribution in [-0.4, -0.2) is 30.0 Å². The van der Waals surface area contributed by atoms with Crippen molar-refractivity contribution in [2.45, 2.75) is 13.5 Å². The van der Waals surface area contributed by atoms with Crippen molar-refractivity contribution >= 4 is 5.91 Å². The molecule has 0 aliphatic rings. The van der Waals surface area contributed by atoms with Gasteiger partial charge >= 0.3 is 0 Å². The largest absolute Gasteiger partial charge is 0.279 e. The highest BCUT2D eigenvalue weighted by molar-refractivity contribution is 5.72. The van der Waals surface area contributed by atoms with Gasteiger partial charge < -0.3 is 0 Å². The molecule has 1 amide bonds. The molecule has 0 saturated carbocycles. The van der Waals surface area contributed by atoms with Crippen molar-refractivity contribution < 1.29 is 4.79 Å². The molecule has 0 spiro atoms. The van der Waals surface area contributed by atoms with Crippen LogP contribution in [0.5, 0.6) is 0 Å². The molecule has 76 valence electrons. The monoisotopic (exact) mass is 192 g/mol. The molecule has 1 aromatic rings. The number of carbonyl (C=O) groups excluding carboxylic acids is 1. The maximum absolute atomic E-state index is 11.1. The molecule has 0 atom stereocenters. The van der Waals surface area contributed by atoms with Crippen LogP contribution in [-0.2, 0) is 11.3 Å². The first-order chi connectivity index (χ1) is 6.61. The third kappa shape index (κ3) is 2.85. The van der Waals surface area contributed by atoms with Crippen LogP contribution in [0.1, 0.15) is 12.5 Å². The summed E-state index contributed by atoms with van der Waals surface area (Å²) in [4.78, 5) is 11.1. The van der Waals surface area contributed by atoms with Crippen LogP contribution in [0, 0.1) is 0 Å². The smallest absolute Gasteiger partial charge is 0.233 e. The Balaban J connectivity index is 2.57. The summed E-state index contributed by atoms with van der Waals surface area (Å²) < 4.78 is 0. The van der Waals surface area contributed by atoms with E-state index in [1.54, 1.807) is 19.0 Å². The number of hydrazine groups is 1. The first kappa shape index (κ1) is 10.7. The molecule has 0 N–H and O–H groups in total. The lowest BCUT2D eigenvalue weighted by Gasteiger charge is -2.27. The number of carbonyl (C=O) groups is 1. The summed E-state index contributed by atoms with van der Waals surface area (Å²) in [7, 11) is 3.67. The molecule has 1 aromatic carbocycles. The van der Waals surface area contributed by atoms with Crippen LogP contribution in [0.25, 0.3) is 0 Å². The summed E-state index contributed by atoms with van der Waals surface area (Å²) in [6.07, 6.45) is 0. The van der Waals surface area contributed by atoms with E-state index in [-0.39, 0.29) is 5.91 Å². The quantitative estimate of drug-likeness (QED) is 0.678. The van der Waals surface area contributed by atoms with Crippen LogP contribution in [0.4, 0.5) is 0 Å². The normalized spacial score (nSPS) is 10.3. The zero-order valence-corrected chi connectivity index (χ0v) is 8.90. The molecule has 0 aliphatic carbocycles. The van der Waals surface area contributed by atoms with Crippen molar-refractivity contribution in [3.8, 4) is 0 Å². The highest BCUT2D eigenvalue weighted by atomic mass is 16.2. The molecular weight excluding hydrogens is 176 g/mol. The Morgan fingerprint density at radius 3 is 2.29 bits per heavy atom. The number of hydrogen-bond acceptors (Lipinski definition) is 2. The van der Waals surface area contributed by atoms with Gasteiger partial charge in [0.25, 0.3) is 0 Å². The molecule has 0 saturated heterocycles. The second-order valence-electron chi connectivity index (χ2n) is 3.34. The molecule has 3 heteroatoms. The lowest BCUT2D eigenvalue weighted by Crippen LogP contribution is -2.39. The Labute approximate surface area is 84.9 Å². The summed E-state index contributed by atoms with van der Waals surface area (Å²) in [5.74, 6) is 0.0448. The van der Waals surface area contributed by atoms with Gasteiger partial charge in [-0.3, -0.25) is 9.80 Å². The van der Waals surface area contributed by atoms with E-state index in [0.29, 0.717) is 0 Å². The lowest BCUT2D eigenvalue weighted by molar-refractivity contribution is -0.141. The Hall–Kier alpha value is -1.35. The van der Waals surface area contributed by atoms with E-state index >= 15 is 0 Å². The van der Waals surface area contributed by atoms with Gasteiger partial charge in [-0.1, -0.05) is 30.3 Å². The molecule has 0 aliphatic heterocycles. The SMILES string of the molecule is CC(=O)N(C)N(C)Cc1ccccc1. The molecule has 0 fully saturated rings. The van der Waals surface area contributed by atoms with Gasteiger partial charge in [-0.05, 0) is 5.56 Å². The Kier molecular flexibility index (Phi) is 3.65. The second kappa shape index (κ2) is 4.77. The van der Waals surface area contributed by atoms with Crippen LogP contribution >= 0.6 is 0 Å². The lowest BCUT2D eigenvalue weighted by atomic mass is 10.2. The predicted molar refractivity (Wildman–Crippen MR) is 56.4 cm³/mol. The molecule has 0 bridgehead atoms. The van der Waals surface area contributed by atoms with Crippen molar-refractivity contribution in [2.75, 3.05) is 14.1 Å². The van der Waals surface area contributed by atoms with Crippen molar-refractivity contribution in [2.24, 2.45) is 0 Å². The topological polar surface area (TPSA) is 23.6 Å². The van der Waals surface area contributed by atoms with Gasteiger partial charge in [0.2, 0.25) is 5.91 Å². The summed E-state index contributed by atoms with van der Waals surface area (Å²) in [6, 6.07) is 10.1. The minimum absolute atomic E-state index is 0.0448. The maximum Gasteiger partial charge on any atom is 0.233 e. The second-order valence-corrected chi connectivity index (χ2v) is 3.34. The standard InChI is InChI=1S/C11H16N2O/c1-10(14)13(3)12(2)9-11-7-5-4-6-8-11/h4-8H,9H2,1-3H3. The van der Waals surface area contributed by atoms with E-state index in [4.69, 9.17) is 0 Å². The zero-order chi connectivity index (χ0) is 10.6. The van der Waals surface area contributed by atoms with Crippen molar-refractivity contribution in [3.63, 3.8) is 0 Å². The van der Waals surface area contributed by atoms with Crippen LogP contribution < -0.4 is 0 Å². The molecule has 3 nitrogen and oxygen atoms in total. The van der Waals surface area contributed by atoms with E-state index in [2.05, 4.69) is 0 Å². The molecule has 0 heterocycles. The van der Waals surface area contributed by atoms with Gasteiger partial charge in [-0.2, -0.15) is 0 Å².